The number of morpholine rings is 1. The van der Waals surface area contributed by atoms with Crippen molar-refractivity contribution >= 4 is 17.2 Å². The summed E-state index contributed by atoms with van der Waals surface area (Å²) in [6.07, 6.45) is -0.283. The van der Waals surface area contributed by atoms with Crippen LogP contribution in [0.4, 0.5) is 0 Å². The molecule has 1 atom stereocenters. The summed E-state index contributed by atoms with van der Waals surface area (Å²) in [5.41, 5.74) is 0. The maximum Gasteiger partial charge on any atom is 0.264 e. The molecule has 0 aliphatic carbocycles. The minimum absolute atomic E-state index is 0.0173. The van der Waals surface area contributed by atoms with E-state index in [1.165, 1.54) is 11.3 Å². The van der Waals surface area contributed by atoms with Crippen LogP contribution >= 0.6 is 11.3 Å². The van der Waals surface area contributed by atoms with E-state index in [2.05, 4.69) is 0 Å². The van der Waals surface area contributed by atoms with E-state index in [4.69, 9.17) is 14.3 Å². The van der Waals surface area contributed by atoms with Gasteiger partial charge in [0, 0.05) is 13.1 Å². The van der Waals surface area contributed by atoms with Gasteiger partial charge in [0.05, 0.1) is 29.1 Å². The third kappa shape index (κ3) is 3.02. The van der Waals surface area contributed by atoms with Gasteiger partial charge in [0.2, 0.25) is 0 Å². The topological polar surface area (TPSA) is 62.9 Å². The van der Waals surface area contributed by atoms with Crippen LogP contribution in [0.15, 0.2) is 28.7 Å². The predicted molar refractivity (Wildman–Crippen MR) is 79.5 cm³/mol. The number of carbonyl (C=O) groups is 1. The van der Waals surface area contributed by atoms with Gasteiger partial charge in [-0.1, -0.05) is 0 Å². The summed E-state index contributed by atoms with van der Waals surface area (Å²) in [5.74, 6) is 1.62. The molecule has 1 aliphatic rings. The van der Waals surface area contributed by atoms with Gasteiger partial charge in [0.1, 0.15) is 11.5 Å². The average Bonchev–Trinajstić information content (AvgIpc) is 3.15. The molecule has 1 N–H and O–H groups in total. The van der Waals surface area contributed by atoms with Gasteiger partial charge in [-0.15, -0.1) is 11.3 Å². The van der Waals surface area contributed by atoms with Crippen LogP contribution in [0.5, 0.6) is 0 Å². The quantitative estimate of drug-likeness (QED) is 0.944. The highest BCUT2D eigenvalue weighted by molar-refractivity contribution is 7.17. The third-order valence-electron chi connectivity index (χ3n) is 3.43. The summed E-state index contributed by atoms with van der Waals surface area (Å²) in [4.78, 5) is 15.8. The Labute approximate surface area is 126 Å². The van der Waals surface area contributed by atoms with E-state index < -0.39 is 0 Å². The second-order valence-corrected chi connectivity index (χ2v) is 6.08. The van der Waals surface area contributed by atoms with E-state index in [0.29, 0.717) is 24.6 Å². The monoisotopic (exact) mass is 307 g/mol. The lowest BCUT2D eigenvalue weighted by molar-refractivity contribution is -0.0446. The molecule has 0 aromatic carbocycles. The van der Waals surface area contributed by atoms with E-state index in [9.17, 15) is 4.79 Å². The molecule has 1 unspecified atom stereocenters. The normalized spacial score (nSPS) is 19.0. The third-order valence-corrected chi connectivity index (χ3v) is 4.52. The second kappa shape index (κ2) is 6.01. The first-order valence-corrected chi connectivity index (χ1v) is 7.67. The van der Waals surface area contributed by atoms with Crippen LogP contribution in [-0.2, 0) is 4.74 Å². The molecule has 0 saturated carbocycles. The fraction of sp³-hybridized carbons (Fsp3) is 0.400. The molecule has 21 heavy (non-hydrogen) atoms. The maximum atomic E-state index is 12.5. The van der Waals surface area contributed by atoms with E-state index in [-0.39, 0.29) is 18.6 Å². The Morgan fingerprint density at radius 3 is 3.00 bits per heavy atom. The Morgan fingerprint density at radius 1 is 1.43 bits per heavy atom. The number of carbonyl (C=O) groups excluding carboxylic acids is 1. The van der Waals surface area contributed by atoms with Crippen LogP contribution in [0.1, 0.15) is 15.4 Å². The van der Waals surface area contributed by atoms with Gasteiger partial charge in [0.15, 0.2) is 0 Å². The largest absolute Gasteiger partial charge is 0.461 e. The Balaban J connectivity index is 1.75. The molecular weight excluding hydrogens is 290 g/mol. The first-order valence-electron chi connectivity index (χ1n) is 6.86. The Hall–Kier alpha value is -1.63. The molecule has 6 heteroatoms. The van der Waals surface area contributed by atoms with Crippen LogP contribution < -0.4 is 0 Å². The van der Waals surface area contributed by atoms with Crippen LogP contribution in [0.2, 0.25) is 0 Å². The molecule has 1 amide bonds. The molecule has 1 aliphatic heterocycles. The van der Waals surface area contributed by atoms with Crippen molar-refractivity contribution < 1.29 is 19.1 Å². The van der Waals surface area contributed by atoms with Gasteiger partial charge in [-0.3, -0.25) is 4.79 Å². The van der Waals surface area contributed by atoms with Crippen LogP contribution in [-0.4, -0.2) is 48.3 Å². The predicted octanol–water partition coefficient (Wildman–Crippen LogP) is 2.15. The first kappa shape index (κ1) is 14.3. The van der Waals surface area contributed by atoms with Crippen LogP contribution in [0, 0.1) is 6.92 Å². The number of aliphatic hydroxyl groups excluding tert-OH is 1. The van der Waals surface area contributed by atoms with Crippen molar-refractivity contribution in [3.63, 3.8) is 0 Å². The Bertz CT molecular complexity index is 633. The molecule has 1 fully saturated rings. The zero-order valence-corrected chi connectivity index (χ0v) is 12.6. The average molecular weight is 307 g/mol. The minimum Gasteiger partial charge on any atom is -0.461 e. The van der Waals surface area contributed by atoms with Crippen LogP contribution in [0.3, 0.4) is 0 Å². The number of thiophene rings is 1. The fourth-order valence-electron chi connectivity index (χ4n) is 2.32. The molecule has 3 heterocycles. The number of nitrogens with zero attached hydrogens (tertiary/aromatic N) is 1. The molecule has 5 nitrogen and oxygen atoms in total. The SMILES string of the molecule is Cc1ccc(-c2ccc(C(=O)N3CCOC(CO)C3)s2)o1. The number of aliphatic hydroxyl groups is 1. The molecule has 3 rings (SSSR count). The van der Waals surface area contributed by atoms with Crippen LogP contribution in [0.25, 0.3) is 10.6 Å². The fourth-order valence-corrected chi connectivity index (χ4v) is 3.26. The minimum atomic E-state index is -0.283. The van der Waals surface area contributed by atoms with Crippen molar-refractivity contribution in [2.45, 2.75) is 13.0 Å². The van der Waals surface area contributed by atoms with Crippen molar-refractivity contribution in [2.75, 3.05) is 26.3 Å². The molecule has 2 aromatic rings. The number of hydrogen-bond donors (Lipinski definition) is 1. The van der Waals surface area contributed by atoms with E-state index in [0.717, 1.165) is 16.4 Å². The zero-order chi connectivity index (χ0) is 14.8. The Kier molecular flexibility index (Phi) is 4.10. The Morgan fingerprint density at radius 2 is 2.29 bits per heavy atom. The lowest BCUT2D eigenvalue weighted by Crippen LogP contribution is -2.46. The number of aryl methyl sites for hydroxylation is 1. The summed E-state index contributed by atoms with van der Waals surface area (Å²) >= 11 is 1.42. The number of furan rings is 1. The van der Waals surface area contributed by atoms with E-state index in [1.807, 2.05) is 31.2 Å². The van der Waals surface area contributed by atoms with E-state index >= 15 is 0 Å². The van der Waals surface area contributed by atoms with Gasteiger partial charge in [0.25, 0.3) is 5.91 Å². The molecular formula is C15H17NO4S. The van der Waals surface area contributed by atoms with Crippen molar-refractivity contribution in [3.8, 4) is 10.6 Å². The molecule has 0 bridgehead atoms. The highest BCUT2D eigenvalue weighted by atomic mass is 32.1. The molecule has 1 saturated heterocycles. The summed E-state index contributed by atoms with van der Waals surface area (Å²) < 4.78 is 10.9. The van der Waals surface area contributed by atoms with Gasteiger partial charge >= 0.3 is 0 Å². The number of hydrogen-bond acceptors (Lipinski definition) is 5. The molecule has 0 radical (unpaired) electrons. The van der Waals surface area contributed by atoms with Gasteiger partial charge in [-0.25, -0.2) is 0 Å². The number of ether oxygens (including phenoxy) is 1. The summed E-state index contributed by atoms with van der Waals surface area (Å²) in [6.45, 7) is 3.29. The smallest absolute Gasteiger partial charge is 0.264 e. The first-order chi connectivity index (χ1) is 10.2. The van der Waals surface area contributed by atoms with Crippen molar-refractivity contribution in [1.82, 2.24) is 4.90 Å². The highest BCUT2D eigenvalue weighted by Gasteiger charge is 2.25. The number of amides is 1. The van der Waals surface area contributed by atoms with Crippen molar-refractivity contribution in [3.05, 3.63) is 34.9 Å². The van der Waals surface area contributed by atoms with Gasteiger partial charge in [-0.2, -0.15) is 0 Å². The molecule has 2 aromatic heterocycles. The molecule has 112 valence electrons. The van der Waals surface area contributed by atoms with Crippen molar-refractivity contribution in [1.29, 1.82) is 0 Å². The summed E-state index contributed by atoms with van der Waals surface area (Å²) in [7, 11) is 0. The highest BCUT2D eigenvalue weighted by Crippen LogP contribution is 2.30. The second-order valence-electron chi connectivity index (χ2n) is 5.00. The van der Waals surface area contributed by atoms with Gasteiger partial charge < -0.3 is 19.2 Å². The lowest BCUT2D eigenvalue weighted by atomic mass is 10.2. The maximum absolute atomic E-state index is 12.5. The van der Waals surface area contributed by atoms with E-state index in [1.54, 1.807) is 4.90 Å². The lowest BCUT2D eigenvalue weighted by Gasteiger charge is -2.31. The molecule has 0 spiro atoms. The van der Waals surface area contributed by atoms with Crippen molar-refractivity contribution in [2.24, 2.45) is 0 Å². The van der Waals surface area contributed by atoms with Gasteiger partial charge in [-0.05, 0) is 31.2 Å². The zero-order valence-electron chi connectivity index (χ0n) is 11.7. The standard InChI is InChI=1S/C15H17NO4S/c1-10-2-3-12(20-10)13-4-5-14(21-13)15(18)16-6-7-19-11(8-16)9-17/h2-5,11,17H,6-9H2,1H3. The summed E-state index contributed by atoms with van der Waals surface area (Å²) in [5, 5.41) is 9.14. The summed E-state index contributed by atoms with van der Waals surface area (Å²) in [6, 6.07) is 7.54. The number of rotatable bonds is 3.